The molecule has 5 N–H and O–H groups in total. The van der Waals surface area contributed by atoms with Crippen LogP contribution in [0.4, 0.5) is 10.3 Å². The van der Waals surface area contributed by atoms with Crippen molar-refractivity contribution in [3.8, 4) is 5.88 Å². The van der Waals surface area contributed by atoms with Crippen LogP contribution < -0.4 is 20.9 Å². The largest absolute Gasteiger partial charge is 0.479 e. The maximum Gasteiger partial charge on any atom is 0.406 e. The molecular weight excluding hydrogens is 688 g/mol. The zero-order valence-electron chi connectivity index (χ0n) is 30.0. The van der Waals surface area contributed by atoms with E-state index >= 15 is 0 Å². The lowest BCUT2D eigenvalue weighted by Gasteiger charge is -2.29. The molecule has 282 valence electrons. The van der Waals surface area contributed by atoms with Gasteiger partial charge >= 0.3 is 13.7 Å². The fourth-order valence-corrected chi connectivity index (χ4v) is 7.11. The zero-order chi connectivity index (χ0) is 37.5. The average Bonchev–Trinajstić information content (AvgIpc) is 3.57. The van der Waals surface area contributed by atoms with Crippen LogP contribution in [0.15, 0.2) is 30.6 Å². The van der Waals surface area contributed by atoms with E-state index in [-0.39, 0.29) is 61.9 Å². The van der Waals surface area contributed by atoms with E-state index in [9.17, 15) is 23.7 Å². The number of ether oxygens (including phenoxy) is 3. The predicted molar refractivity (Wildman–Crippen MR) is 185 cm³/mol. The van der Waals surface area contributed by atoms with E-state index in [0.717, 1.165) is 5.56 Å². The molecule has 1 saturated heterocycles. The van der Waals surface area contributed by atoms with Crippen molar-refractivity contribution < 1.29 is 46.9 Å². The summed E-state index contributed by atoms with van der Waals surface area (Å²) < 4.78 is 57.7. The Balaban J connectivity index is 1.47. The number of amides is 1. The van der Waals surface area contributed by atoms with Gasteiger partial charge in [-0.05, 0) is 50.3 Å². The molecule has 0 radical (unpaired) electrons. The third-order valence-corrected chi connectivity index (χ3v) is 9.83. The van der Waals surface area contributed by atoms with Gasteiger partial charge in [0.05, 0.1) is 38.9 Å². The molecule has 1 aliphatic heterocycles. The van der Waals surface area contributed by atoms with Gasteiger partial charge in [0.1, 0.15) is 24.2 Å². The highest BCUT2D eigenvalue weighted by molar-refractivity contribution is 7.51. The number of carbonyl (C=O) groups excluding carboxylic acids is 2. The lowest BCUT2D eigenvalue weighted by atomic mass is 9.84. The molecule has 1 aromatic carbocycles. The molecule has 16 nitrogen and oxygen atoms in total. The average molecular weight is 738 g/mol. The number of aliphatic hydroxyl groups excluding tert-OH is 1. The Hall–Kier alpha value is -3.73. The van der Waals surface area contributed by atoms with Crippen molar-refractivity contribution in [2.75, 3.05) is 26.1 Å². The van der Waals surface area contributed by atoms with E-state index < -0.39 is 56.3 Å². The molecule has 1 aliphatic rings. The molecule has 18 heteroatoms. The summed E-state index contributed by atoms with van der Waals surface area (Å²) in [5.41, 5.74) is 6.36. The van der Waals surface area contributed by atoms with E-state index in [0.29, 0.717) is 11.2 Å². The lowest BCUT2D eigenvalue weighted by molar-refractivity contribution is -0.150. The number of nitrogens with one attached hydrogen (secondary N) is 2. The molecule has 2 aromatic heterocycles. The van der Waals surface area contributed by atoms with E-state index in [1.807, 2.05) is 13.8 Å². The van der Waals surface area contributed by atoms with E-state index in [2.05, 4.69) is 25.4 Å². The number of nitrogen functional groups attached to an aromatic ring is 1. The zero-order valence-corrected chi connectivity index (χ0v) is 30.9. The molecule has 0 bridgehead atoms. The minimum Gasteiger partial charge on any atom is -0.479 e. The Labute approximate surface area is 296 Å². The second kappa shape index (κ2) is 17.2. The van der Waals surface area contributed by atoms with Crippen LogP contribution >= 0.6 is 7.75 Å². The molecule has 1 amide bonds. The summed E-state index contributed by atoms with van der Waals surface area (Å²) in [5.74, 6) is -1.16. The summed E-state index contributed by atoms with van der Waals surface area (Å²) in [7, 11) is -2.86. The summed E-state index contributed by atoms with van der Waals surface area (Å²) in [6.07, 6.45) is -1.45. The Kier molecular flexibility index (Phi) is 13.5. The second-order valence-electron chi connectivity index (χ2n) is 13.6. The number of nitrogens with zero attached hydrogens (tertiary/aromatic N) is 4. The highest BCUT2D eigenvalue weighted by Crippen LogP contribution is 2.50. The molecule has 1 unspecified atom stereocenters. The van der Waals surface area contributed by atoms with Crippen molar-refractivity contribution in [2.24, 2.45) is 11.3 Å². The molecule has 51 heavy (non-hydrogen) atoms. The first-order valence-electron chi connectivity index (χ1n) is 16.8. The number of anilines is 1. The molecular formula is C33H49FN7O9P. The molecule has 0 spiro atoms. The van der Waals surface area contributed by atoms with Crippen LogP contribution in [0, 0.1) is 17.2 Å². The van der Waals surface area contributed by atoms with Gasteiger partial charge in [-0.25, -0.2) is 19.0 Å². The quantitative estimate of drug-likeness (QED) is 0.0825. The highest BCUT2D eigenvalue weighted by atomic mass is 31.2. The number of halogens is 1. The van der Waals surface area contributed by atoms with Crippen LogP contribution in [0.2, 0.25) is 0 Å². The topological polar surface area (TPSA) is 211 Å². The Morgan fingerprint density at radius 2 is 1.86 bits per heavy atom. The molecule has 3 heterocycles. The van der Waals surface area contributed by atoms with Crippen LogP contribution in [-0.2, 0) is 39.2 Å². The van der Waals surface area contributed by atoms with Gasteiger partial charge in [0.25, 0.3) is 0 Å². The standard InChI is InChI=1S/C33H49FN7O9P/c1-19(2)15-23(30(44)49-20(3)4)40-51(45,47-14-8-9-25(42)36-16-21-10-12-22(34)13-11-21)48-17-24-27(43)33(5,6)31(50-24)41-18-37-26-28(41)38-32(35)39-29(26)46-7/h10-13,18-20,23-24,27,31,43H,8-9,14-17H2,1-7H3,(H,36,42)(H,40,45)(H2,35,38,39)/t23-,24+,27+,31+,51?/m0/s1. The van der Waals surface area contributed by atoms with Gasteiger partial charge in [-0.1, -0.05) is 39.8 Å². The van der Waals surface area contributed by atoms with E-state index in [4.69, 9.17) is 29.0 Å². The van der Waals surface area contributed by atoms with E-state index in [1.165, 1.54) is 25.6 Å². The Morgan fingerprint density at radius 1 is 1.16 bits per heavy atom. The fraction of sp³-hybridized carbons (Fsp3) is 0.606. The monoisotopic (exact) mass is 737 g/mol. The van der Waals surface area contributed by atoms with Crippen LogP contribution in [0.1, 0.15) is 72.6 Å². The van der Waals surface area contributed by atoms with Crippen molar-refractivity contribution in [3.05, 3.63) is 42.0 Å². The van der Waals surface area contributed by atoms with Crippen LogP contribution in [-0.4, -0.2) is 81.2 Å². The van der Waals surface area contributed by atoms with Crippen molar-refractivity contribution in [2.45, 2.75) is 97.9 Å². The predicted octanol–water partition coefficient (Wildman–Crippen LogP) is 4.03. The van der Waals surface area contributed by atoms with Crippen LogP contribution in [0.5, 0.6) is 5.88 Å². The smallest absolute Gasteiger partial charge is 0.406 e. The summed E-state index contributed by atoms with van der Waals surface area (Å²) in [4.78, 5) is 38.2. The Bertz CT molecular complexity index is 1690. The van der Waals surface area contributed by atoms with Gasteiger partial charge in [0.15, 0.2) is 11.2 Å². The minimum absolute atomic E-state index is 0.00323. The number of aliphatic hydroxyl groups is 1. The maximum absolute atomic E-state index is 14.3. The van der Waals surface area contributed by atoms with Gasteiger partial charge in [0, 0.05) is 18.4 Å². The van der Waals surface area contributed by atoms with Crippen molar-refractivity contribution in [3.63, 3.8) is 0 Å². The highest BCUT2D eigenvalue weighted by Gasteiger charge is 2.52. The fourth-order valence-electron chi connectivity index (χ4n) is 5.59. The third kappa shape index (κ3) is 10.4. The van der Waals surface area contributed by atoms with Gasteiger partial charge in [-0.15, -0.1) is 0 Å². The van der Waals surface area contributed by atoms with Crippen molar-refractivity contribution >= 4 is 36.7 Å². The summed E-state index contributed by atoms with van der Waals surface area (Å²) in [6, 6.07) is 4.71. The summed E-state index contributed by atoms with van der Waals surface area (Å²) in [5, 5.41) is 16.9. The molecule has 3 aromatic rings. The van der Waals surface area contributed by atoms with Gasteiger partial charge < -0.3 is 30.4 Å². The first-order chi connectivity index (χ1) is 24.0. The normalized spacial score (nSPS) is 20.4. The minimum atomic E-state index is -4.30. The van der Waals surface area contributed by atoms with Crippen LogP contribution in [0.25, 0.3) is 11.2 Å². The third-order valence-electron chi connectivity index (χ3n) is 8.19. The lowest BCUT2D eigenvalue weighted by Crippen LogP contribution is -2.40. The number of aromatic nitrogens is 4. The number of benzene rings is 1. The maximum atomic E-state index is 14.3. The number of hydrogen-bond donors (Lipinski definition) is 4. The number of esters is 1. The second-order valence-corrected chi connectivity index (χ2v) is 15.4. The number of methoxy groups -OCH3 is 1. The van der Waals surface area contributed by atoms with E-state index in [1.54, 1.807) is 44.4 Å². The number of fused-ring (bicyclic) bond motifs is 1. The molecule has 0 aliphatic carbocycles. The number of imidazole rings is 1. The summed E-state index contributed by atoms with van der Waals surface area (Å²) >= 11 is 0. The van der Waals surface area contributed by atoms with Crippen LogP contribution in [0.3, 0.4) is 0 Å². The first kappa shape index (κ1) is 40.0. The van der Waals surface area contributed by atoms with Crippen molar-refractivity contribution in [1.29, 1.82) is 0 Å². The molecule has 1 fully saturated rings. The molecule has 0 saturated carbocycles. The molecule has 5 atom stereocenters. The number of hydrogen-bond acceptors (Lipinski definition) is 13. The van der Waals surface area contributed by atoms with Gasteiger partial charge in [-0.2, -0.15) is 9.97 Å². The number of carbonyl (C=O) groups is 2. The Morgan fingerprint density at radius 3 is 2.51 bits per heavy atom. The van der Waals surface area contributed by atoms with Crippen molar-refractivity contribution in [1.82, 2.24) is 29.9 Å². The SMILES string of the molecule is COc1nc(N)nc2c1ncn2[C@@H]1O[C@H](COP(=O)(N[C@@H](CC(C)C)C(=O)OC(C)C)OCCCC(=O)NCc2ccc(F)cc2)[C@@H](O)C1(C)C. The summed E-state index contributed by atoms with van der Waals surface area (Å²) in [6.45, 7) is 10.4. The number of rotatable bonds is 18. The molecule has 4 rings (SSSR count). The van der Waals surface area contributed by atoms with Gasteiger partial charge in [-0.3, -0.25) is 23.2 Å². The number of nitrogens with two attached hydrogens (primary N) is 1. The first-order valence-corrected chi connectivity index (χ1v) is 18.3. The van der Waals surface area contributed by atoms with Gasteiger partial charge in [0.2, 0.25) is 17.7 Å².